The van der Waals surface area contributed by atoms with Gasteiger partial charge in [0.05, 0.1) is 12.5 Å². The molecular formula is C12H22N2O4. The highest BCUT2D eigenvalue weighted by Crippen LogP contribution is 1.97. The molecule has 2 amide bonds. The number of carbonyl (C=O) groups excluding carboxylic acids is 1. The monoisotopic (exact) mass is 258 g/mol. The molecule has 6 heteroatoms. The topological polar surface area (TPSA) is 87.7 Å². The molecule has 0 aliphatic carbocycles. The van der Waals surface area contributed by atoms with Crippen molar-refractivity contribution in [2.75, 3.05) is 19.7 Å². The molecule has 0 aromatic heterocycles. The zero-order chi connectivity index (χ0) is 14.0. The van der Waals surface area contributed by atoms with Crippen LogP contribution in [0.4, 0.5) is 4.79 Å². The van der Waals surface area contributed by atoms with Crippen LogP contribution in [0.15, 0.2) is 11.6 Å². The molecule has 0 radical (unpaired) electrons. The van der Waals surface area contributed by atoms with Gasteiger partial charge in [0.25, 0.3) is 0 Å². The van der Waals surface area contributed by atoms with Gasteiger partial charge < -0.3 is 20.5 Å². The molecule has 3 N–H and O–H groups in total. The van der Waals surface area contributed by atoms with Gasteiger partial charge in [-0.05, 0) is 20.8 Å². The predicted molar refractivity (Wildman–Crippen MR) is 68.5 cm³/mol. The van der Waals surface area contributed by atoms with Crippen molar-refractivity contribution in [3.05, 3.63) is 11.6 Å². The van der Waals surface area contributed by atoms with Crippen LogP contribution in [0.25, 0.3) is 0 Å². The number of hydrogen-bond donors (Lipinski definition) is 3. The first-order chi connectivity index (χ1) is 8.45. The summed E-state index contributed by atoms with van der Waals surface area (Å²) in [7, 11) is 0. The molecule has 0 saturated heterocycles. The van der Waals surface area contributed by atoms with Crippen LogP contribution in [0, 0.1) is 0 Å². The highest BCUT2D eigenvalue weighted by molar-refractivity contribution is 5.74. The minimum Gasteiger partial charge on any atom is -0.481 e. The number of urea groups is 1. The molecule has 0 aromatic rings. The van der Waals surface area contributed by atoms with Crippen molar-refractivity contribution < 1.29 is 19.4 Å². The number of aliphatic carboxylic acids is 1. The Bertz CT molecular complexity index is 298. The van der Waals surface area contributed by atoms with Crippen LogP contribution >= 0.6 is 0 Å². The van der Waals surface area contributed by atoms with E-state index in [9.17, 15) is 9.59 Å². The summed E-state index contributed by atoms with van der Waals surface area (Å²) in [6, 6.07) is -0.331. The lowest BCUT2D eigenvalue weighted by Gasteiger charge is -2.15. The fourth-order valence-electron chi connectivity index (χ4n) is 1.24. The van der Waals surface area contributed by atoms with Crippen molar-refractivity contribution in [3.63, 3.8) is 0 Å². The molecule has 0 rings (SSSR count). The lowest BCUT2D eigenvalue weighted by Crippen LogP contribution is -2.41. The number of allylic oxidation sites excluding steroid dienone is 1. The summed E-state index contributed by atoms with van der Waals surface area (Å²) in [6.07, 6.45) is 1.26. The van der Waals surface area contributed by atoms with Crippen LogP contribution in [0.3, 0.4) is 0 Å². The third-order valence-electron chi connectivity index (χ3n) is 2.07. The molecule has 6 nitrogen and oxygen atoms in total. The molecule has 104 valence electrons. The van der Waals surface area contributed by atoms with Gasteiger partial charge >= 0.3 is 12.0 Å². The van der Waals surface area contributed by atoms with Crippen LogP contribution in [-0.4, -0.2) is 42.9 Å². The lowest BCUT2D eigenvalue weighted by molar-refractivity contribution is -0.140. The highest BCUT2D eigenvalue weighted by atomic mass is 16.5. The zero-order valence-electron chi connectivity index (χ0n) is 11.2. The Labute approximate surface area is 107 Å². The quantitative estimate of drug-likeness (QED) is 0.569. The Kier molecular flexibility index (Phi) is 8.65. The van der Waals surface area contributed by atoms with E-state index >= 15 is 0 Å². The van der Waals surface area contributed by atoms with Crippen molar-refractivity contribution >= 4 is 12.0 Å². The van der Waals surface area contributed by atoms with Crippen LogP contribution in [-0.2, 0) is 9.53 Å². The first kappa shape index (κ1) is 16.4. The molecule has 0 saturated carbocycles. The molecular weight excluding hydrogens is 236 g/mol. The molecule has 0 spiro atoms. The van der Waals surface area contributed by atoms with Crippen LogP contribution in [0.5, 0.6) is 0 Å². The van der Waals surface area contributed by atoms with E-state index in [1.807, 2.05) is 19.9 Å². The summed E-state index contributed by atoms with van der Waals surface area (Å²) in [4.78, 5) is 21.9. The van der Waals surface area contributed by atoms with Crippen LogP contribution in [0.2, 0.25) is 0 Å². The van der Waals surface area contributed by atoms with Crippen molar-refractivity contribution in [1.82, 2.24) is 10.6 Å². The fraction of sp³-hybridized carbons (Fsp3) is 0.667. The van der Waals surface area contributed by atoms with E-state index in [2.05, 4.69) is 10.6 Å². The summed E-state index contributed by atoms with van der Waals surface area (Å²) in [6.45, 7) is 6.71. The third-order valence-corrected chi connectivity index (χ3v) is 2.07. The number of carboxylic acids is 1. The standard InChI is InChI=1S/C12H22N2O4/c1-4-18-10(7-11(15)16)8-14-12(17)13-6-5-9(2)3/h5,10H,4,6-8H2,1-3H3,(H,15,16)(H2,13,14,17). The first-order valence-electron chi connectivity index (χ1n) is 5.94. The first-order valence-corrected chi connectivity index (χ1v) is 5.94. The molecule has 18 heavy (non-hydrogen) atoms. The van der Waals surface area contributed by atoms with Crippen molar-refractivity contribution in [1.29, 1.82) is 0 Å². The van der Waals surface area contributed by atoms with Crippen LogP contribution < -0.4 is 10.6 Å². The normalized spacial score (nSPS) is 11.5. The third kappa shape index (κ3) is 9.65. The van der Waals surface area contributed by atoms with Gasteiger partial charge in [-0.3, -0.25) is 4.79 Å². The molecule has 0 fully saturated rings. The van der Waals surface area contributed by atoms with Gasteiger partial charge in [-0.25, -0.2) is 4.79 Å². The average Bonchev–Trinajstić information content (AvgIpc) is 2.25. The van der Waals surface area contributed by atoms with Crippen molar-refractivity contribution in [2.45, 2.75) is 33.3 Å². The van der Waals surface area contributed by atoms with Gasteiger partial charge in [0.15, 0.2) is 0 Å². The molecule has 0 aliphatic heterocycles. The Morgan fingerprint density at radius 3 is 2.50 bits per heavy atom. The van der Waals surface area contributed by atoms with Gasteiger partial charge in [0.2, 0.25) is 0 Å². The number of amides is 2. The minimum absolute atomic E-state index is 0.123. The highest BCUT2D eigenvalue weighted by Gasteiger charge is 2.13. The molecule has 0 bridgehead atoms. The van der Waals surface area contributed by atoms with E-state index in [0.29, 0.717) is 13.2 Å². The van der Waals surface area contributed by atoms with E-state index in [4.69, 9.17) is 9.84 Å². The van der Waals surface area contributed by atoms with E-state index in [-0.39, 0.29) is 19.0 Å². The summed E-state index contributed by atoms with van der Waals surface area (Å²) in [5.74, 6) is -0.944. The fourth-order valence-corrected chi connectivity index (χ4v) is 1.24. The summed E-state index contributed by atoms with van der Waals surface area (Å²) < 4.78 is 5.21. The number of carboxylic acid groups (broad SMARTS) is 1. The Morgan fingerprint density at radius 1 is 1.33 bits per heavy atom. The Hall–Kier alpha value is -1.56. The summed E-state index contributed by atoms with van der Waals surface area (Å²) in [5, 5.41) is 13.9. The number of nitrogens with one attached hydrogen (secondary N) is 2. The minimum atomic E-state index is -0.944. The molecule has 1 unspecified atom stereocenters. The maximum atomic E-state index is 11.4. The Balaban J connectivity index is 3.91. The van der Waals surface area contributed by atoms with Crippen molar-refractivity contribution in [3.8, 4) is 0 Å². The van der Waals surface area contributed by atoms with E-state index in [0.717, 1.165) is 5.57 Å². The largest absolute Gasteiger partial charge is 0.481 e. The van der Waals surface area contributed by atoms with E-state index < -0.39 is 12.1 Å². The second kappa shape index (κ2) is 9.47. The Morgan fingerprint density at radius 2 is 2.00 bits per heavy atom. The van der Waals surface area contributed by atoms with Gasteiger partial charge in [-0.2, -0.15) is 0 Å². The molecule has 0 aromatic carbocycles. The average molecular weight is 258 g/mol. The maximum Gasteiger partial charge on any atom is 0.315 e. The summed E-state index contributed by atoms with van der Waals surface area (Å²) >= 11 is 0. The van der Waals surface area contributed by atoms with Gasteiger partial charge in [0.1, 0.15) is 0 Å². The SMILES string of the molecule is CCOC(CNC(=O)NCC=C(C)C)CC(=O)O. The molecule has 0 aliphatic rings. The lowest BCUT2D eigenvalue weighted by atomic mass is 10.2. The number of carbonyl (C=O) groups is 2. The smallest absolute Gasteiger partial charge is 0.315 e. The second-order valence-electron chi connectivity index (χ2n) is 4.05. The van der Waals surface area contributed by atoms with Gasteiger partial charge in [-0.1, -0.05) is 11.6 Å². The predicted octanol–water partition coefficient (Wildman–Crippen LogP) is 1.13. The zero-order valence-corrected chi connectivity index (χ0v) is 11.2. The molecule has 1 atom stereocenters. The maximum absolute atomic E-state index is 11.4. The molecule has 0 heterocycles. The van der Waals surface area contributed by atoms with Gasteiger partial charge in [0, 0.05) is 19.7 Å². The number of ether oxygens (including phenoxy) is 1. The van der Waals surface area contributed by atoms with E-state index in [1.165, 1.54) is 0 Å². The number of hydrogen-bond acceptors (Lipinski definition) is 3. The van der Waals surface area contributed by atoms with Crippen molar-refractivity contribution in [2.24, 2.45) is 0 Å². The van der Waals surface area contributed by atoms with E-state index in [1.54, 1.807) is 6.92 Å². The number of rotatable bonds is 8. The second-order valence-corrected chi connectivity index (χ2v) is 4.05. The summed E-state index contributed by atoms with van der Waals surface area (Å²) in [5.41, 5.74) is 1.12. The van der Waals surface area contributed by atoms with Gasteiger partial charge in [-0.15, -0.1) is 0 Å². The van der Waals surface area contributed by atoms with Crippen LogP contribution in [0.1, 0.15) is 27.2 Å².